The van der Waals surface area contributed by atoms with Gasteiger partial charge in [-0.05, 0) is 0 Å². The summed E-state index contributed by atoms with van der Waals surface area (Å²) in [5.41, 5.74) is 1.16. The van der Waals surface area contributed by atoms with Crippen molar-refractivity contribution in [2.75, 3.05) is 0 Å². The quantitative estimate of drug-likeness (QED) is 0.337. The zero-order chi connectivity index (χ0) is 16.3. The summed E-state index contributed by atoms with van der Waals surface area (Å²) in [5, 5.41) is 0. The van der Waals surface area contributed by atoms with Crippen molar-refractivity contribution in [2.45, 2.75) is 72.6 Å². The molecule has 124 valence electrons. The van der Waals surface area contributed by atoms with Crippen LogP contribution in [-0.2, 0) is 0 Å². The zero-order valence-corrected chi connectivity index (χ0v) is 17.6. The molecule has 1 aromatic carbocycles. The van der Waals surface area contributed by atoms with E-state index in [0.717, 1.165) is 5.56 Å². The van der Waals surface area contributed by atoms with Crippen LogP contribution in [0.1, 0.15) is 64.9 Å². The maximum absolute atomic E-state index is 13.0. The number of benzene rings is 1. The van der Waals surface area contributed by atoms with E-state index in [0.29, 0.717) is 0 Å². The van der Waals surface area contributed by atoms with Crippen molar-refractivity contribution in [3.8, 4) is 0 Å². The molecule has 0 fully saturated rings. The Morgan fingerprint density at radius 2 is 1.27 bits per heavy atom. The number of rotatable bonds is 11. The van der Waals surface area contributed by atoms with Crippen molar-refractivity contribution in [2.24, 2.45) is 0 Å². The van der Waals surface area contributed by atoms with Crippen LogP contribution >= 0.6 is 0 Å². The van der Waals surface area contributed by atoms with Gasteiger partial charge in [0.15, 0.2) is 0 Å². The Bertz CT molecular complexity index is 400. The summed E-state index contributed by atoms with van der Waals surface area (Å²) in [6, 6.07) is 6.95. The predicted molar refractivity (Wildman–Crippen MR) is 100 cm³/mol. The van der Waals surface area contributed by atoms with Crippen LogP contribution in [-0.4, -0.2) is 18.4 Å². The Morgan fingerprint density at radius 3 is 1.68 bits per heavy atom. The van der Waals surface area contributed by atoms with Gasteiger partial charge in [-0.1, -0.05) is 0 Å². The van der Waals surface area contributed by atoms with Gasteiger partial charge in [0.1, 0.15) is 0 Å². The molecule has 1 aromatic rings. The third kappa shape index (κ3) is 7.30. The second kappa shape index (κ2) is 11.3. The molecule has 0 spiro atoms. The van der Waals surface area contributed by atoms with Gasteiger partial charge in [0.2, 0.25) is 0 Å². The molecule has 0 nitrogen and oxygen atoms in total. The fourth-order valence-electron chi connectivity index (χ4n) is 3.06. The van der Waals surface area contributed by atoms with E-state index >= 15 is 0 Å². The van der Waals surface area contributed by atoms with Gasteiger partial charge in [-0.2, -0.15) is 0 Å². The van der Waals surface area contributed by atoms with E-state index in [-0.39, 0.29) is 5.82 Å². The molecule has 0 atom stereocenters. The normalized spacial score (nSPS) is 12.2. The van der Waals surface area contributed by atoms with E-state index < -0.39 is 18.4 Å². The van der Waals surface area contributed by atoms with Gasteiger partial charge >= 0.3 is 141 Å². The topological polar surface area (TPSA) is 0 Å². The van der Waals surface area contributed by atoms with Crippen molar-refractivity contribution in [3.63, 3.8) is 0 Å². The summed E-state index contributed by atoms with van der Waals surface area (Å²) in [4.78, 5) is 0. The molecule has 2 heteroatoms. The monoisotopic (exact) mass is 412 g/mol. The van der Waals surface area contributed by atoms with Gasteiger partial charge in [-0.15, -0.1) is 0 Å². The van der Waals surface area contributed by atoms with Crippen LogP contribution in [0, 0.1) is 5.82 Å². The van der Waals surface area contributed by atoms with Crippen molar-refractivity contribution in [3.05, 3.63) is 39.7 Å². The summed E-state index contributed by atoms with van der Waals surface area (Å²) in [6.07, 6.45) is 10.4. The Morgan fingerprint density at radius 1 is 0.818 bits per heavy atom. The Labute approximate surface area is 141 Å². The number of unbranched alkanes of at least 4 members (excludes halogenated alkanes) is 3. The molecular formula is C20H33FSn. The summed E-state index contributed by atoms with van der Waals surface area (Å²) in [7, 11) is 0. The van der Waals surface area contributed by atoms with E-state index in [1.54, 1.807) is 12.1 Å². The molecule has 0 aliphatic carbocycles. The number of hydrogen-bond donors (Lipinski definition) is 0. The maximum atomic E-state index is 13.0. The van der Waals surface area contributed by atoms with Gasteiger partial charge in [-0.3, -0.25) is 0 Å². The van der Waals surface area contributed by atoms with Gasteiger partial charge in [0.05, 0.1) is 0 Å². The SMILES string of the molecule is CCC[CH2][Sn]([CH]=Cc1ccc(F)cc1)([CH2]CCC)[CH2]CCC. The summed E-state index contributed by atoms with van der Waals surface area (Å²) < 4.78 is 20.2. The molecule has 0 aliphatic heterocycles. The molecule has 0 unspecified atom stereocenters. The van der Waals surface area contributed by atoms with Crippen LogP contribution in [0.15, 0.2) is 28.4 Å². The van der Waals surface area contributed by atoms with E-state index in [1.165, 1.54) is 51.8 Å². The molecular weight excluding hydrogens is 378 g/mol. The summed E-state index contributed by atoms with van der Waals surface area (Å²) in [5.74, 6) is -0.144. The van der Waals surface area contributed by atoms with E-state index in [2.05, 4.69) is 30.9 Å². The molecule has 22 heavy (non-hydrogen) atoms. The van der Waals surface area contributed by atoms with Crippen LogP contribution in [0.5, 0.6) is 0 Å². The van der Waals surface area contributed by atoms with Crippen LogP contribution < -0.4 is 0 Å². The summed E-state index contributed by atoms with van der Waals surface area (Å²) >= 11 is -2.18. The molecule has 0 radical (unpaired) electrons. The molecule has 0 aliphatic rings. The van der Waals surface area contributed by atoms with Gasteiger partial charge in [0, 0.05) is 0 Å². The van der Waals surface area contributed by atoms with Crippen molar-refractivity contribution in [1.29, 1.82) is 0 Å². The van der Waals surface area contributed by atoms with Crippen LogP contribution in [0.25, 0.3) is 6.08 Å². The molecule has 0 saturated heterocycles. The molecule has 0 bridgehead atoms. The Kier molecular flexibility index (Phi) is 10.1. The van der Waals surface area contributed by atoms with E-state index in [4.69, 9.17) is 0 Å². The average molecular weight is 411 g/mol. The molecule has 0 amide bonds. The second-order valence-electron chi connectivity index (χ2n) is 6.56. The predicted octanol–water partition coefficient (Wildman–Crippen LogP) is 7.23. The minimum atomic E-state index is -2.18. The second-order valence-corrected chi connectivity index (χ2v) is 19.6. The van der Waals surface area contributed by atoms with Crippen molar-refractivity contribution in [1.82, 2.24) is 0 Å². The average Bonchev–Trinajstić information content (AvgIpc) is 2.55. The molecule has 0 N–H and O–H groups in total. The van der Waals surface area contributed by atoms with E-state index in [9.17, 15) is 4.39 Å². The molecule has 0 aromatic heterocycles. The molecule has 0 heterocycles. The first-order valence-corrected chi connectivity index (χ1v) is 16.8. The Balaban J connectivity index is 2.90. The van der Waals surface area contributed by atoms with Crippen molar-refractivity contribution >= 4 is 24.5 Å². The molecule has 0 saturated carbocycles. The summed E-state index contributed by atoms with van der Waals surface area (Å²) in [6.45, 7) is 6.92. The van der Waals surface area contributed by atoms with Gasteiger partial charge < -0.3 is 0 Å². The van der Waals surface area contributed by atoms with Crippen LogP contribution in [0.3, 0.4) is 0 Å². The number of halogens is 1. The van der Waals surface area contributed by atoms with E-state index in [1.807, 2.05) is 12.1 Å². The number of hydrogen-bond acceptors (Lipinski definition) is 0. The first kappa shape index (κ1) is 19.7. The van der Waals surface area contributed by atoms with Gasteiger partial charge in [-0.25, -0.2) is 0 Å². The first-order chi connectivity index (χ1) is 10.7. The zero-order valence-electron chi connectivity index (χ0n) is 14.7. The standard InChI is InChI=1S/C8H6F.3C4H9.Sn/c1-2-7-3-5-8(9)6-4-7;3*1-3-4-2;/h1-6H;3*1,3-4H2,2H3;. The Hall–Kier alpha value is -0.311. The minimum absolute atomic E-state index is 0.144. The molecule has 1 rings (SSSR count). The fourth-order valence-corrected chi connectivity index (χ4v) is 17.2. The third-order valence-corrected chi connectivity index (χ3v) is 18.6. The third-order valence-electron chi connectivity index (χ3n) is 4.58. The first-order valence-electron chi connectivity index (χ1n) is 9.10. The van der Waals surface area contributed by atoms with Crippen molar-refractivity contribution < 1.29 is 4.39 Å². The van der Waals surface area contributed by atoms with Gasteiger partial charge in [0.25, 0.3) is 0 Å². The van der Waals surface area contributed by atoms with Crippen LogP contribution in [0.4, 0.5) is 4.39 Å². The fraction of sp³-hybridized carbons (Fsp3) is 0.600. The van der Waals surface area contributed by atoms with Crippen LogP contribution in [0.2, 0.25) is 13.3 Å².